The van der Waals surface area contributed by atoms with Gasteiger partial charge >= 0.3 is 6.03 Å². The van der Waals surface area contributed by atoms with E-state index in [-0.39, 0.29) is 0 Å². The summed E-state index contributed by atoms with van der Waals surface area (Å²) in [5.74, 6) is 0.517. The summed E-state index contributed by atoms with van der Waals surface area (Å²) in [7, 11) is 0. The quantitative estimate of drug-likeness (QED) is 0.781. The Labute approximate surface area is 151 Å². The minimum absolute atomic E-state index is 0.422. The average Bonchev–Trinajstić information content (AvgIpc) is 2.65. The molecule has 3 aromatic rings. The van der Waals surface area contributed by atoms with E-state index in [4.69, 9.17) is 4.74 Å². The Balaban J connectivity index is 1.87. The molecule has 0 aliphatic rings. The number of hydrogen-bond donors (Lipinski definition) is 1. The van der Waals surface area contributed by atoms with Crippen molar-refractivity contribution in [2.24, 2.45) is 4.99 Å². The first-order valence-corrected chi connectivity index (χ1v) is 8.35. The fourth-order valence-electron chi connectivity index (χ4n) is 2.38. The second kappa shape index (κ2) is 8.11. The third kappa shape index (κ3) is 4.36. The third-order valence-electron chi connectivity index (χ3n) is 3.61. The lowest BCUT2D eigenvalue weighted by molar-refractivity contribution is 0.259. The van der Waals surface area contributed by atoms with Crippen LogP contribution in [0.5, 0.6) is 5.88 Å². The fourth-order valence-corrected chi connectivity index (χ4v) is 2.38. The fraction of sp³-hybridized carbons (Fsp3) is 0.150. The van der Waals surface area contributed by atoms with E-state index in [9.17, 15) is 4.79 Å². The Hall–Kier alpha value is -3.41. The number of hydrogen-bond acceptors (Lipinski definition) is 3. The maximum absolute atomic E-state index is 12.1. The molecule has 1 N–H and O–H groups in total. The van der Waals surface area contributed by atoms with Crippen molar-refractivity contribution < 1.29 is 9.53 Å². The lowest BCUT2D eigenvalue weighted by Crippen LogP contribution is -2.17. The summed E-state index contributed by atoms with van der Waals surface area (Å²) in [6.45, 7) is 4.36. The van der Waals surface area contributed by atoms with E-state index in [0.29, 0.717) is 23.5 Å². The van der Waals surface area contributed by atoms with Crippen LogP contribution in [0.2, 0.25) is 0 Å². The number of anilines is 1. The maximum Gasteiger partial charge on any atom is 0.345 e. The highest BCUT2D eigenvalue weighted by Gasteiger charge is 2.06. The van der Waals surface area contributed by atoms with Gasteiger partial charge in [0.1, 0.15) is 0 Å². The molecule has 0 saturated heterocycles. The minimum Gasteiger partial charge on any atom is -0.478 e. The molecule has 0 fully saturated rings. The van der Waals surface area contributed by atoms with Crippen molar-refractivity contribution in [3.05, 3.63) is 77.8 Å². The van der Waals surface area contributed by atoms with Gasteiger partial charge in [0, 0.05) is 11.8 Å². The third-order valence-corrected chi connectivity index (χ3v) is 3.61. The van der Waals surface area contributed by atoms with E-state index in [2.05, 4.69) is 15.4 Å². The van der Waals surface area contributed by atoms with Crippen LogP contribution in [0, 0.1) is 6.92 Å². The van der Waals surface area contributed by atoms with E-state index >= 15 is 0 Å². The lowest BCUT2D eigenvalue weighted by atomic mass is 10.2. The molecule has 2 amide bonds. The molecule has 0 aliphatic heterocycles. The summed E-state index contributed by atoms with van der Waals surface area (Å²) in [5.41, 5.74) is 2.68. The molecule has 0 spiro atoms. The number of aryl methyl sites for hydroxylation is 1. The number of ether oxygens (including phenoxy) is 1. The van der Waals surface area contributed by atoms with Gasteiger partial charge in [0.2, 0.25) is 5.88 Å². The summed E-state index contributed by atoms with van der Waals surface area (Å²) >= 11 is 0. The van der Waals surface area contributed by atoms with Crippen LogP contribution >= 0.6 is 0 Å². The van der Waals surface area contributed by atoms with E-state index in [0.717, 1.165) is 11.3 Å². The highest BCUT2D eigenvalue weighted by Crippen LogP contribution is 2.14. The number of aromatic nitrogens is 2. The molecular weight excluding hydrogens is 328 g/mol. The monoisotopic (exact) mass is 348 g/mol. The zero-order valence-electron chi connectivity index (χ0n) is 14.7. The number of rotatable bonds is 4. The van der Waals surface area contributed by atoms with Crippen LogP contribution in [0.1, 0.15) is 12.5 Å². The van der Waals surface area contributed by atoms with Gasteiger partial charge in [-0.2, -0.15) is 10.1 Å². The number of carbonyl (C=O) groups is 1. The molecule has 6 heteroatoms. The van der Waals surface area contributed by atoms with Crippen molar-refractivity contribution in [3.63, 3.8) is 0 Å². The molecular formula is C20H20N4O2. The van der Waals surface area contributed by atoms with Gasteiger partial charge in [-0.3, -0.25) is 0 Å². The van der Waals surface area contributed by atoms with E-state index < -0.39 is 6.03 Å². The Morgan fingerprint density at radius 3 is 2.58 bits per heavy atom. The van der Waals surface area contributed by atoms with Crippen LogP contribution in [0.25, 0.3) is 5.69 Å². The molecule has 0 aliphatic carbocycles. The van der Waals surface area contributed by atoms with Crippen LogP contribution in [0.4, 0.5) is 10.5 Å². The SMILES string of the molecule is CCOc1cc(=NC(=O)Nc2ccc(C)cc2)cnn1-c1ccccc1. The van der Waals surface area contributed by atoms with Crippen LogP contribution in [0.15, 0.2) is 71.9 Å². The van der Waals surface area contributed by atoms with Gasteiger partial charge in [0.05, 0.1) is 23.8 Å². The minimum atomic E-state index is -0.462. The number of para-hydroxylation sites is 1. The Morgan fingerprint density at radius 1 is 1.15 bits per heavy atom. The molecule has 6 nitrogen and oxygen atoms in total. The van der Waals surface area contributed by atoms with Gasteiger partial charge < -0.3 is 10.1 Å². The summed E-state index contributed by atoms with van der Waals surface area (Å²) in [6, 6.07) is 18.4. The number of benzene rings is 2. The van der Waals surface area contributed by atoms with E-state index in [1.165, 1.54) is 6.20 Å². The number of urea groups is 1. The number of nitrogens with zero attached hydrogens (tertiary/aromatic N) is 3. The molecule has 1 aromatic heterocycles. The first-order chi connectivity index (χ1) is 12.7. The first-order valence-electron chi connectivity index (χ1n) is 8.35. The standard InChI is InChI=1S/C20H20N4O2/c1-3-26-19-13-17(14-21-24(19)18-7-5-4-6-8-18)23-20(25)22-16-11-9-15(2)10-12-16/h4-14H,3H2,1-2H3,(H,22,25). The van der Waals surface area contributed by atoms with Crippen LogP contribution in [-0.2, 0) is 0 Å². The summed E-state index contributed by atoms with van der Waals surface area (Å²) in [5, 5.41) is 7.51. The molecule has 26 heavy (non-hydrogen) atoms. The molecule has 0 unspecified atom stereocenters. The highest BCUT2D eigenvalue weighted by atomic mass is 16.5. The van der Waals surface area contributed by atoms with Gasteiger partial charge in [0.15, 0.2) is 0 Å². The molecule has 0 atom stereocenters. The molecule has 2 aromatic carbocycles. The van der Waals surface area contributed by atoms with Crippen molar-refractivity contribution >= 4 is 11.7 Å². The van der Waals surface area contributed by atoms with Gasteiger partial charge in [0.25, 0.3) is 0 Å². The van der Waals surface area contributed by atoms with Crippen molar-refractivity contribution in [3.8, 4) is 11.6 Å². The van der Waals surface area contributed by atoms with Gasteiger partial charge in [-0.1, -0.05) is 35.9 Å². The summed E-state index contributed by atoms with van der Waals surface area (Å²) in [4.78, 5) is 16.2. The predicted molar refractivity (Wildman–Crippen MR) is 100 cm³/mol. The highest BCUT2D eigenvalue weighted by molar-refractivity contribution is 5.89. The number of amides is 2. The van der Waals surface area contributed by atoms with Crippen molar-refractivity contribution in [1.82, 2.24) is 9.78 Å². The van der Waals surface area contributed by atoms with E-state index in [1.807, 2.05) is 68.4 Å². The number of nitrogens with one attached hydrogen (secondary N) is 1. The van der Waals surface area contributed by atoms with Crippen molar-refractivity contribution in [2.45, 2.75) is 13.8 Å². The zero-order chi connectivity index (χ0) is 18.4. The molecule has 0 bridgehead atoms. The normalized spacial score (nSPS) is 11.2. The molecule has 0 saturated carbocycles. The topological polar surface area (TPSA) is 68.5 Å². The Morgan fingerprint density at radius 2 is 1.88 bits per heavy atom. The van der Waals surface area contributed by atoms with Gasteiger partial charge in [-0.15, -0.1) is 0 Å². The Kier molecular flexibility index (Phi) is 5.43. The maximum atomic E-state index is 12.1. The molecule has 3 rings (SSSR count). The largest absolute Gasteiger partial charge is 0.478 e. The predicted octanol–water partition coefficient (Wildman–Crippen LogP) is 3.71. The average molecular weight is 348 g/mol. The molecule has 1 heterocycles. The van der Waals surface area contributed by atoms with Gasteiger partial charge in [-0.05, 0) is 38.1 Å². The van der Waals surface area contributed by atoms with Crippen LogP contribution in [0.3, 0.4) is 0 Å². The molecule has 0 radical (unpaired) electrons. The number of carbonyl (C=O) groups excluding carboxylic acids is 1. The molecule has 132 valence electrons. The first kappa shape index (κ1) is 17.4. The Bertz CT molecular complexity index is 948. The second-order valence-electron chi connectivity index (χ2n) is 5.64. The summed E-state index contributed by atoms with van der Waals surface area (Å²) in [6.07, 6.45) is 1.53. The lowest BCUT2D eigenvalue weighted by Gasteiger charge is -2.11. The second-order valence-corrected chi connectivity index (χ2v) is 5.64. The van der Waals surface area contributed by atoms with Crippen molar-refractivity contribution in [1.29, 1.82) is 0 Å². The zero-order valence-corrected chi connectivity index (χ0v) is 14.7. The van der Waals surface area contributed by atoms with Crippen LogP contribution in [-0.4, -0.2) is 22.4 Å². The van der Waals surface area contributed by atoms with Gasteiger partial charge in [-0.25, -0.2) is 9.48 Å². The summed E-state index contributed by atoms with van der Waals surface area (Å²) < 4.78 is 7.32. The smallest absolute Gasteiger partial charge is 0.345 e. The van der Waals surface area contributed by atoms with Crippen LogP contribution < -0.4 is 15.4 Å². The van der Waals surface area contributed by atoms with Crippen molar-refractivity contribution in [2.75, 3.05) is 11.9 Å². The van der Waals surface area contributed by atoms with E-state index in [1.54, 1.807) is 10.7 Å².